The van der Waals surface area contributed by atoms with Gasteiger partial charge < -0.3 is 61.2 Å². The summed E-state index contributed by atoms with van der Waals surface area (Å²) in [5.74, 6) is -4.43. The van der Waals surface area contributed by atoms with Gasteiger partial charge in [-0.3, -0.25) is 29.2 Å². The average Bonchev–Trinajstić information content (AvgIpc) is 2.89. The third kappa shape index (κ3) is 17.9. The number of aliphatic imine (C=N–C) groups is 2. The first kappa shape index (κ1) is 36.8. The third-order valence-corrected chi connectivity index (χ3v) is 5.76. The smallest absolute Gasteiger partial charge is 0.326 e. The molecule has 0 aromatic heterocycles. The van der Waals surface area contributed by atoms with Crippen LogP contribution in [0.5, 0.6) is 0 Å². The van der Waals surface area contributed by atoms with Gasteiger partial charge in [-0.25, -0.2) is 4.79 Å². The quantitative estimate of drug-likeness (QED) is 0.0324. The maximum atomic E-state index is 13.2. The molecule has 0 radical (unpaired) electrons. The molecule has 0 saturated carbocycles. The number of amides is 4. The molecular weight excluding hydrogens is 540 g/mol. The Kier molecular flexibility index (Phi) is 18.6. The van der Waals surface area contributed by atoms with Crippen molar-refractivity contribution in [3.8, 4) is 0 Å². The van der Waals surface area contributed by atoms with Crippen molar-refractivity contribution in [3.05, 3.63) is 0 Å². The molecule has 0 unspecified atom stereocenters. The zero-order chi connectivity index (χ0) is 31.4. The standard InChI is InChI=1S/C23H46N12O6/c24-10-2-1-6-14(19(38)35-16(21(40)41)7-4-12-32-23(29)30)34-20(39)15(8-9-17(26)36)33-18(37)13(25)5-3-11-31-22(27)28/h13-16H,1-12,24-25H2,(H2,26,36)(H,33,37)(H,34,39)(H,35,38)(H,40,41)(H4,27,28,31)(H4,29,30,32)/t13-,14-,15-,16-/m0/s1. The number of carbonyl (C=O) groups excluding carboxylic acids is 4. The second-order valence-corrected chi connectivity index (χ2v) is 9.32. The minimum atomic E-state index is -1.28. The van der Waals surface area contributed by atoms with E-state index in [1.807, 2.05) is 0 Å². The van der Waals surface area contributed by atoms with Gasteiger partial charge >= 0.3 is 5.97 Å². The van der Waals surface area contributed by atoms with E-state index < -0.39 is 53.8 Å². The van der Waals surface area contributed by atoms with E-state index in [1.165, 1.54) is 0 Å². The lowest BCUT2D eigenvalue weighted by Gasteiger charge is -2.25. The first-order chi connectivity index (χ1) is 19.3. The number of primary amides is 1. The number of nitrogens with two attached hydrogens (primary N) is 7. The van der Waals surface area contributed by atoms with Crippen LogP contribution < -0.4 is 56.1 Å². The zero-order valence-electron chi connectivity index (χ0n) is 23.2. The molecule has 0 heterocycles. The number of aliphatic carboxylic acids is 1. The Balaban J connectivity index is 5.53. The molecule has 0 aliphatic rings. The normalized spacial score (nSPS) is 13.5. The summed E-state index contributed by atoms with van der Waals surface area (Å²) in [6.45, 7) is 0.750. The van der Waals surface area contributed by atoms with E-state index in [9.17, 15) is 29.1 Å². The number of nitrogens with one attached hydrogen (secondary N) is 3. The fourth-order valence-electron chi connectivity index (χ4n) is 3.55. The van der Waals surface area contributed by atoms with Gasteiger partial charge in [0.1, 0.15) is 18.1 Å². The van der Waals surface area contributed by atoms with Crippen molar-refractivity contribution in [1.29, 1.82) is 0 Å². The Morgan fingerprint density at radius 2 is 1.10 bits per heavy atom. The molecule has 18 N–H and O–H groups in total. The summed E-state index contributed by atoms with van der Waals surface area (Å²) in [7, 11) is 0. The van der Waals surface area contributed by atoms with Crippen molar-refractivity contribution >= 4 is 41.5 Å². The highest BCUT2D eigenvalue weighted by atomic mass is 16.4. The molecule has 0 rings (SSSR count). The predicted molar refractivity (Wildman–Crippen MR) is 153 cm³/mol. The second-order valence-electron chi connectivity index (χ2n) is 9.32. The van der Waals surface area contributed by atoms with Crippen molar-refractivity contribution in [2.45, 2.75) is 82.0 Å². The van der Waals surface area contributed by atoms with Crippen LogP contribution in [0.3, 0.4) is 0 Å². The van der Waals surface area contributed by atoms with Crippen LogP contribution in [0.25, 0.3) is 0 Å². The predicted octanol–water partition coefficient (Wildman–Crippen LogP) is -4.65. The highest BCUT2D eigenvalue weighted by Gasteiger charge is 2.30. The molecule has 18 nitrogen and oxygen atoms in total. The molecule has 41 heavy (non-hydrogen) atoms. The van der Waals surface area contributed by atoms with E-state index in [0.717, 1.165) is 0 Å². The van der Waals surface area contributed by atoms with Gasteiger partial charge in [0.05, 0.1) is 6.04 Å². The first-order valence-electron chi connectivity index (χ1n) is 13.3. The van der Waals surface area contributed by atoms with Crippen LogP contribution in [0.15, 0.2) is 9.98 Å². The summed E-state index contributed by atoms with van der Waals surface area (Å²) >= 11 is 0. The van der Waals surface area contributed by atoms with Crippen LogP contribution in [-0.2, 0) is 24.0 Å². The molecule has 234 valence electrons. The minimum absolute atomic E-state index is 0.0275. The number of carboxylic acids is 1. The van der Waals surface area contributed by atoms with Gasteiger partial charge in [-0.1, -0.05) is 0 Å². The van der Waals surface area contributed by atoms with Gasteiger partial charge in [-0.05, 0) is 57.9 Å². The van der Waals surface area contributed by atoms with Gasteiger partial charge in [0.15, 0.2) is 11.9 Å². The molecular formula is C23H46N12O6. The SMILES string of the molecule is NCCCC[C@H](NC(=O)[C@H](CCC(N)=O)NC(=O)[C@@H](N)CCCN=C(N)N)C(=O)N[C@@H](CCCN=C(N)N)C(=O)O. The Bertz CT molecular complexity index is 921. The number of hydrogen-bond donors (Lipinski definition) is 11. The molecule has 0 aliphatic heterocycles. The van der Waals surface area contributed by atoms with Crippen LogP contribution in [0.2, 0.25) is 0 Å². The number of nitrogens with zero attached hydrogens (tertiary/aromatic N) is 2. The van der Waals surface area contributed by atoms with E-state index in [1.54, 1.807) is 0 Å². The monoisotopic (exact) mass is 586 g/mol. The van der Waals surface area contributed by atoms with Crippen molar-refractivity contribution in [2.75, 3.05) is 19.6 Å². The first-order valence-corrected chi connectivity index (χ1v) is 13.3. The Morgan fingerprint density at radius 1 is 0.634 bits per heavy atom. The molecule has 0 spiro atoms. The van der Waals surface area contributed by atoms with Gasteiger partial charge in [-0.2, -0.15) is 0 Å². The molecule has 18 heteroatoms. The Hall–Kier alpha value is -4.19. The molecule has 4 atom stereocenters. The molecule has 0 aromatic rings. The van der Waals surface area contributed by atoms with E-state index >= 15 is 0 Å². The van der Waals surface area contributed by atoms with E-state index in [4.69, 9.17) is 40.1 Å². The van der Waals surface area contributed by atoms with Gasteiger partial charge in [-0.15, -0.1) is 0 Å². The number of carbonyl (C=O) groups is 5. The molecule has 0 aliphatic carbocycles. The van der Waals surface area contributed by atoms with Gasteiger partial charge in [0.25, 0.3) is 0 Å². The lowest BCUT2D eigenvalue weighted by atomic mass is 10.0. The Morgan fingerprint density at radius 3 is 1.59 bits per heavy atom. The summed E-state index contributed by atoms with van der Waals surface area (Å²) in [5.41, 5.74) is 37.7. The summed E-state index contributed by atoms with van der Waals surface area (Å²) in [6, 6.07) is -4.69. The number of unbranched alkanes of at least 4 members (excludes halogenated alkanes) is 1. The van der Waals surface area contributed by atoms with Crippen LogP contribution in [0, 0.1) is 0 Å². The van der Waals surface area contributed by atoms with Crippen molar-refractivity contribution in [1.82, 2.24) is 16.0 Å². The fourth-order valence-corrected chi connectivity index (χ4v) is 3.55. The zero-order valence-corrected chi connectivity index (χ0v) is 23.2. The second kappa shape index (κ2) is 20.7. The van der Waals surface area contributed by atoms with E-state index in [-0.39, 0.29) is 63.5 Å². The highest BCUT2D eigenvalue weighted by Crippen LogP contribution is 2.07. The summed E-state index contributed by atoms with van der Waals surface area (Å²) in [4.78, 5) is 69.5. The maximum Gasteiger partial charge on any atom is 0.326 e. The topological polar surface area (TPSA) is 349 Å². The lowest BCUT2D eigenvalue weighted by molar-refractivity contribution is -0.142. The van der Waals surface area contributed by atoms with Crippen LogP contribution in [0.1, 0.15) is 57.8 Å². The lowest BCUT2D eigenvalue weighted by Crippen LogP contribution is -2.57. The number of guanidine groups is 2. The molecule has 4 amide bonds. The van der Waals surface area contributed by atoms with Crippen LogP contribution in [-0.4, -0.2) is 90.4 Å². The summed E-state index contributed by atoms with van der Waals surface area (Å²) in [5, 5.41) is 17.0. The van der Waals surface area contributed by atoms with Crippen LogP contribution >= 0.6 is 0 Å². The summed E-state index contributed by atoms with van der Waals surface area (Å²) < 4.78 is 0. The van der Waals surface area contributed by atoms with Gasteiger partial charge in [0, 0.05) is 19.5 Å². The minimum Gasteiger partial charge on any atom is -0.480 e. The maximum absolute atomic E-state index is 13.2. The van der Waals surface area contributed by atoms with Crippen LogP contribution in [0.4, 0.5) is 0 Å². The largest absolute Gasteiger partial charge is 0.480 e. The van der Waals surface area contributed by atoms with E-state index in [2.05, 4.69) is 25.9 Å². The fraction of sp³-hybridized carbons (Fsp3) is 0.696. The Labute approximate surface area is 238 Å². The molecule has 0 fully saturated rings. The van der Waals surface area contributed by atoms with Crippen molar-refractivity contribution < 1.29 is 29.1 Å². The number of hydrogen-bond acceptors (Lipinski definition) is 9. The average molecular weight is 587 g/mol. The van der Waals surface area contributed by atoms with Crippen molar-refractivity contribution in [3.63, 3.8) is 0 Å². The summed E-state index contributed by atoms with van der Waals surface area (Å²) in [6.07, 6.45) is 1.61. The van der Waals surface area contributed by atoms with E-state index in [0.29, 0.717) is 25.8 Å². The number of carboxylic acid groups (broad SMARTS) is 1. The third-order valence-electron chi connectivity index (χ3n) is 5.76. The number of rotatable bonds is 22. The van der Waals surface area contributed by atoms with Crippen molar-refractivity contribution in [2.24, 2.45) is 50.1 Å². The molecule has 0 saturated heterocycles. The molecule has 0 bridgehead atoms. The highest BCUT2D eigenvalue weighted by molar-refractivity contribution is 5.94. The van der Waals surface area contributed by atoms with Gasteiger partial charge in [0.2, 0.25) is 23.6 Å². The molecule has 0 aromatic carbocycles.